The molecule has 3 rings (SSSR count). The Labute approximate surface area is 150 Å². The van der Waals surface area contributed by atoms with Gasteiger partial charge in [-0.2, -0.15) is 0 Å². The lowest BCUT2D eigenvalue weighted by molar-refractivity contribution is -0.143. The molecule has 2 aromatic carbocycles. The molecule has 0 radical (unpaired) electrons. The summed E-state index contributed by atoms with van der Waals surface area (Å²) in [6.45, 7) is 1.47. The van der Waals surface area contributed by atoms with Crippen LogP contribution in [0.3, 0.4) is 0 Å². The Kier molecular flexibility index (Phi) is 4.84. The molecule has 0 aliphatic heterocycles. The predicted octanol–water partition coefficient (Wildman–Crippen LogP) is 2.50. The molecular formula is C20H17NO5. The van der Waals surface area contributed by atoms with Crippen molar-refractivity contribution in [2.45, 2.75) is 6.92 Å². The van der Waals surface area contributed by atoms with Crippen molar-refractivity contribution in [3.63, 3.8) is 0 Å². The first-order valence-electron chi connectivity index (χ1n) is 8.14. The summed E-state index contributed by atoms with van der Waals surface area (Å²) in [5.74, 6) is -2.38. The highest BCUT2D eigenvalue weighted by molar-refractivity contribution is 6.34. The first kappa shape index (κ1) is 17.4. The van der Waals surface area contributed by atoms with Crippen LogP contribution in [0.4, 0.5) is 0 Å². The van der Waals surface area contributed by atoms with Crippen LogP contribution >= 0.6 is 0 Å². The highest BCUT2D eigenvalue weighted by atomic mass is 16.5. The number of rotatable bonds is 5. The summed E-state index contributed by atoms with van der Waals surface area (Å²) in [7, 11) is 0. The molecule has 0 saturated heterocycles. The van der Waals surface area contributed by atoms with Gasteiger partial charge in [-0.1, -0.05) is 36.4 Å². The third-order valence-corrected chi connectivity index (χ3v) is 4.02. The number of ketones is 1. The molecule has 0 aromatic heterocycles. The van der Waals surface area contributed by atoms with Crippen molar-refractivity contribution in [1.29, 1.82) is 0 Å². The normalized spacial score (nSPS) is 12.7. The Morgan fingerprint density at radius 2 is 1.77 bits per heavy atom. The Hall–Kier alpha value is -3.41. The van der Waals surface area contributed by atoms with E-state index in [9.17, 15) is 19.5 Å². The van der Waals surface area contributed by atoms with Gasteiger partial charge in [0.1, 0.15) is 17.9 Å². The van der Waals surface area contributed by atoms with Crippen molar-refractivity contribution < 1.29 is 24.2 Å². The summed E-state index contributed by atoms with van der Waals surface area (Å²) in [4.78, 5) is 36.1. The number of fused-ring (bicyclic) bond motifs is 1. The maximum Gasteiger partial charge on any atom is 0.325 e. The molecule has 0 fully saturated rings. The van der Waals surface area contributed by atoms with Crippen LogP contribution in [0.25, 0.3) is 16.9 Å². The molecule has 2 N–H and O–H groups in total. The number of hydrogen-bond donors (Lipinski definition) is 2. The number of ether oxygens (including phenoxy) is 1. The van der Waals surface area contributed by atoms with E-state index in [4.69, 9.17) is 4.74 Å². The van der Waals surface area contributed by atoms with Crippen LogP contribution in [0.15, 0.2) is 54.1 Å². The SMILES string of the molecule is CCOC(=O)CNC(=O)C1=C(O)c2cc(-c3ccccc3)ccc2C1=O. The van der Waals surface area contributed by atoms with Gasteiger partial charge < -0.3 is 15.2 Å². The van der Waals surface area contributed by atoms with Crippen LogP contribution in [0.5, 0.6) is 0 Å². The number of esters is 1. The lowest BCUT2D eigenvalue weighted by Gasteiger charge is -2.05. The zero-order chi connectivity index (χ0) is 18.7. The zero-order valence-corrected chi connectivity index (χ0v) is 14.1. The molecule has 0 spiro atoms. The highest BCUT2D eigenvalue weighted by Crippen LogP contribution is 2.34. The van der Waals surface area contributed by atoms with Gasteiger partial charge in [0.2, 0.25) is 5.78 Å². The van der Waals surface area contributed by atoms with Crippen LogP contribution in [-0.2, 0) is 14.3 Å². The topological polar surface area (TPSA) is 92.7 Å². The van der Waals surface area contributed by atoms with Crippen LogP contribution in [0.1, 0.15) is 22.8 Å². The summed E-state index contributed by atoms with van der Waals surface area (Å²) in [6, 6.07) is 14.5. The van der Waals surface area contributed by atoms with Crippen LogP contribution in [0.2, 0.25) is 0 Å². The van der Waals surface area contributed by atoms with E-state index in [2.05, 4.69) is 5.32 Å². The van der Waals surface area contributed by atoms with E-state index in [0.717, 1.165) is 11.1 Å². The lowest BCUT2D eigenvalue weighted by Crippen LogP contribution is -2.33. The van der Waals surface area contributed by atoms with E-state index >= 15 is 0 Å². The number of Topliss-reactive ketones (excluding diaryl/α,β-unsaturated/α-hetero) is 1. The largest absolute Gasteiger partial charge is 0.506 e. The average molecular weight is 351 g/mol. The number of amides is 1. The molecular weight excluding hydrogens is 334 g/mol. The fraction of sp³-hybridized carbons (Fsp3) is 0.150. The third kappa shape index (κ3) is 3.21. The number of aliphatic hydroxyl groups excluding tert-OH is 1. The summed E-state index contributed by atoms with van der Waals surface area (Å²) in [6.07, 6.45) is 0. The second-order valence-electron chi connectivity index (χ2n) is 5.67. The quantitative estimate of drug-likeness (QED) is 0.638. The number of carbonyl (C=O) groups excluding carboxylic acids is 3. The summed E-state index contributed by atoms with van der Waals surface area (Å²) >= 11 is 0. The van der Waals surface area contributed by atoms with Crippen molar-refractivity contribution in [2.75, 3.05) is 13.2 Å². The molecule has 1 amide bonds. The zero-order valence-electron chi connectivity index (χ0n) is 14.1. The van der Waals surface area contributed by atoms with E-state index < -0.39 is 17.7 Å². The van der Waals surface area contributed by atoms with E-state index in [0.29, 0.717) is 5.56 Å². The number of nitrogens with one attached hydrogen (secondary N) is 1. The van der Waals surface area contributed by atoms with Gasteiger partial charge in [-0.3, -0.25) is 14.4 Å². The number of hydrogen-bond acceptors (Lipinski definition) is 5. The third-order valence-electron chi connectivity index (χ3n) is 4.02. The fourth-order valence-corrected chi connectivity index (χ4v) is 2.79. The molecule has 6 heteroatoms. The van der Waals surface area contributed by atoms with E-state index in [1.807, 2.05) is 30.3 Å². The maximum absolute atomic E-state index is 12.5. The first-order valence-corrected chi connectivity index (χ1v) is 8.14. The predicted molar refractivity (Wildman–Crippen MR) is 95.4 cm³/mol. The molecule has 1 aliphatic rings. The van der Waals surface area contributed by atoms with E-state index in [1.165, 1.54) is 0 Å². The van der Waals surface area contributed by atoms with Gasteiger partial charge in [-0.05, 0) is 30.2 Å². The van der Waals surface area contributed by atoms with Gasteiger partial charge in [-0.25, -0.2) is 0 Å². The van der Waals surface area contributed by atoms with Crippen molar-refractivity contribution >= 4 is 23.4 Å². The standard InChI is InChI=1S/C20H17NO5/c1-2-26-16(22)11-21-20(25)17-18(23)14-9-8-13(10-15(14)19(17)24)12-6-4-3-5-7-12/h3-10,24H,2,11H2,1H3,(H,21,25). The summed E-state index contributed by atoms with van der Waals surface area (Å²) in [5.41, 5.74) is 1.93. The minimum absolute atomic E-state index is 0.190. The summed E-state index contributed by atoms with van der Waals surface area (Å²) in [5, 5.41) is 12.7. The van der Waals surface area contributed by atoms with Gasteiger partial charge in [0.05, 0.1) is 6.61 Å². The molecule has 0 atom stereocenters. The first-order chi connectivity index (χ1) is 12.5. The van der Waals surface area contributed by atoms with E-state index in [1.54, 1.807) is 25.1 Å². The van der Waals surface area contributed by atoms with Gasteiger partial charge in [0, 0.05) is 11.1 Å². The molecule has 0 saturated carbocycles. The van der Waals surface area contributed by atoms with Crippen molar-refractivity contribution in [1.82, 2.24) is 5.32 Å². The van der Waals surface area contributed by atoms with Crippen LogP contribution < -0.4 is 5.32 Å². The van der Waals surface area contributed by atoms with Gasteiger partial charge in [-0.15, -0.1) is 0 Å². The molecule has 2 aromatic rings. The molecule has 0 heterocycles. The highest BCUT2D eigenvalue weighted by Gasteiger charge is 2.34. The number of carbonyl (C=O) groups is 3. The molecule has 0 bridgehead atoms. The summed E-state index contributed by atoms with van der Waals surface area (Å²) < 4.78 is 4.72. The van der Waals surface area contributed by atoms with Crippen molar-refractivity contribution in [3.8, 4) is 11.1 Å². The molecule has 0 unspecified atom stereocenters. The Morgan fingerprint density at radius 3 is 2.46 bits per heavy atom. The Morgan fingerprint density at radius 1 is 1.04 bits per heavy atom. The minimum atomic E-state index is -0.807. The van der Waals surface area contributed by atoms with Crippen molar-refractivity contribution in [3.05, 3.63) is 65.2 Å². The second kappa shape index (κ2) is 7.23. The molecule has 6 nitrogen and oxygen atoms in total. The average Bonchev–Trinajstić information content (AvgIpc) is 2.91. The smallest absolute Gasteiger partial charge is 0.325 e. The number of benzene rings is 2. The van der Waals surface area contributed by atoms with Gasteiger partial charge in [0.15, 0.2) is 0 Å². The molecule has 132 valence electrons. The lowest BCUT2D eigenvalue weighted by atomic mass is 10.00. The van der Waals surface area contributed by atoms with Crippen molar-refractivity contribution in [2.24, 2.45) is 0 Å². The molecule has 1 aliphatic carbocycles. The molecule has 26 heavy (non-hydrogen) atoms. The fourth-order valence-electron chi connectivity index (χ4n) is 2.79. The van der Waals surface area contributed by atoms with Crippen LogP contribution in [0, 0.1) is 0 Å². The second-order valence-corrected chi connectivity index (χ2v) is 5.67. The Balaban J connectivity index is 1.87. The van der Waals surface area contributed by atoms with E-state index in [-0.39, 0.29) is 30.0 Å². The van der Waals surface area contributed by atoms with Gasteiger partial charge >= 0.3 is 5.97 Å². The van der Waals surface area contributed by atoms with Gasteiger partial charge in [0.25, 0.3) is 5.91 Å². The minimum Gasteiger partial charge on any atom is -0.506 e. The number of aliphatic hydroxyl groups is 1. The maximum atomic E-state index is 12.5. The Bertz CT molecular complexity index is 915. The monoisotopic (exact) mass is 351 g/mol. The van der Waals surface area contributed by atoms with Crippen LogP contribution in [-0.4, -0.2) is 35.9 Å².